The van der Waals surface area contributed by atoms with Crippen LogP contribution in [0, 0.1) is 11.6 Å². The zero-order valence-corrected chi connectivity index (χ0v) is 12.6. The fraction of sp³-hybridized carbons (Fsp3) is 0.294. The number of hydrogen-bond acceptors (Lipinski definition) is 3. The molecule has 1 aromatic heterocycles. The lowest BCUT2D eigenvalue weighted by atomic mass is 10.1. The van der Waals surface area contributed by atoms with E-state index in [9.17, 15) is 13.6 Å². The van der Waals surface area contributed by atoms with E-state index in [0.717, 1.165) is 44.5 Å². The summed E-state index contributed by atoms with van der Waals surface area (Å²) in [5.74, 6) is -1.62. The van der Waals surface area contributed by atoms with E-state index in [2.05, 4.69) is 10.3 Å². The minimum atomic E-state index is -0.804. The average Bonchev–Trinajstić information content (AvgIpc) is 2.59. The Kier molecular flexibility index (Phi) is 4.50. The Bertz CT molecular complexity index is 694. The number of benzene rings is 1. The fourth-order valence-corrected chi connectivity index (χ4v) is 2.73. The Hall–Kier alpha value is -2.50. The average molecular weight is 317 g/mol. The summed E-state index contributed by atoms with van der Waals surface area (Å²) in [7, 11) is 0. The van der Waals surface area contributed by atoms with Crippen molar-refractivity contribution in [2.75, 3.05) is 23.3 Å². The van der Waals surface area contributed by atoms with Crippen molar-refractivity contribution in [1.82, 2.24) is 4.98 Å². The normalized spacial score (nSPS) is 14.6. The maximum absolute atomic E-state index is 13.7. The first-order chi connectivity index (χ1) is 11.2. The van der Waals surface area contributed by atoms with Gasteiger partial charge in [0.1, 0.15) is 23.1 Å². The van der Waals surface area contributed by atoms with Gasteiger partial charge in [-0.2, -0.15) is 0 Å². The minimum Gasteiger partial charge on any atom is -0.356 e. The molecule has 2 aromatic rings. The van der Waals surface area contributed by atoms with Gasteiger partial charge in [0.15, 0.2) is 0 Å². The number of carbonyl (C=O) groups excluding carboxylic acids is 1. The van der Waals surface area contributed by atoms with Crippen LogP contribution in [0.2, 0.25) is 0 Å². The van der Waals surface area contributed by atoms with Crippen LogP contribution in [0.25, 0.3) is 0 Å². The Morgan fingerprint density at radius 1 is 1.04 bits per heavy atom. The molecule has 1 fully saturated rings. The number of aromatic nitrogens is 1. The van der Waals surface area contributed by atoms with Crippen LogP contribution in [0.1, 0.15) is 29.6 Å². The van der Waals surface area contributed by atoms with E-state index < -0.39 is 23.2 Å². The zero-order valence-electron chi connectivity index (χ0n) is 12.6. The number of hydrogen-bond donors (Lipinski definition) is 1. The SMILES string of the molecule is O=C(Nc1c(F)cccc1F)c1cccnc1N1CCCCC1. The molecule has 0 saturated carbocycles. The highest BCUT2D eigenvalue weighted by molar-refractivity contribution is 6.07. The third kappa shape index (κ3) is 3.31. The van der Waals surface area contributed by atoms with E-state index in [1.807, 2.05) is 4.90 Å². The molecule has 0 spiro atoms. The molecule has 0 aliphatic carbocycles. The molecule has 0 atom stereocenters. The van der Waals surface area contributed by atoms with Gasteiger partial charge in [0.2, 0.25) is 0 Å². The minimum absolute atomic E-state index is 0.317. The third-order valence-electron chi connectivity index (χ3n) is 3.89. The van der Waals surface area contributed by atoms with E-state index in [0.29, 0.717) is 11.4 Å². The van der Waals surface area contributed by atoms with Gasteiger partial charge in [0, 0.05) is 19.3 Å². The van der Waals surface area contributed by atoms with Gasteiger partial charge in [-0.15, -0.1) is 0 Å². The standard InChI is InChI=1S/C17H17F2N3O/c18-13-7-4-8-14(19)15(13)21-17(23)12-6-5-9-20-16(12)22-10-2-1-3-11-22/h4-9H,1-3,10-11H2,(H,21,23). The van der Waals surface area contributed by atoms with Crippen LogP contribution in [-0.4, -0.2) is 24.0 Å². The number of nitrogens with zero attached hydrogens (tertiary/aromatic N) is 2. The molecule has 3 rings (SSSR count). The van der Waals surface area contributed by atoms with Crippen LogP contribution in [0.15, 0.2) is 36.5 Å². The number of para-hydroxylation sites is 1. The van der Waals surface area contributed by atoms with Gasteiger partial charge in [0.05, 0.1) is 5.56 Å². The van der Waals surface area contributed by atoms with E-state index in [4.69, 9.17) is 0 Å². The van der Waals surface area contributed by atoms with Crippen molar-refractivity contribution >= 4 is 17.4 Å². The maximum Gasteiger partial charge on any atom is 0.259 e. The van der Waals surface area contributed by atoms with Gasteiger partial charge in [-0.25, -0.2) is 13.8 Å². The van der Waals surface area contributed by atoms with Crippen LogP contribution in [0.5, 0.6) is 0 Å². The highest BCUT2D eigenvalue weighted by Gasteiger charge is 2.21. The van der Waals surface area contributed by atoms with E-state index in [1.165, 1.54) is 6.07 Å². The summed E-state index contributed by atoms with van der Waals surface area (Å²) in [6, 6.07) is 6.72. The third-order valence-corrected chi connectivity index (χ3v) is 3.89. The van der Waals surface area contributed by atoms with Gasteiger partial charge in [-0.1, -0.05) is 6.07 Å². The molecular formula is C17H17F2N3O. The molecule has 0 unspecified atom stereocenters. The number of carbonyl (C=O) groups is 1. The van der Waals surface area contributed by atoms with Gasteiger partial charge in [-0.05, 0) is 43.5 Å². The summed E-state index contributed by atoms with van der Waals surface area (Å²) in [5.41, 5.74) is -0.122. The summed E-state index contributed by atoms with van der Waals surface area (Å²) in [4.78, 5) is 18.8. The molecule has 1 saturated heterocycles. The summed E-state index contributed by atoms with van der Waals surface area (Å²) in [5, 5.41) is 2.32. The molecule has 0 radical (unpaired) electrons. The van der Waals surface area contributed by atoms with Crippen LogP contribution in [0.4, 0.5) is 20.3 Å². The van der Waals surface area contributed by atoms with E-state index in [1.54, 1.807) is 18.3 Å². The van der Waals surface area contributed by atoms with Crippen LogP contribution in [-0.2, 0) is 0 Å². The lowest BCUT2D eigenvalue weighted by Gasteiger charge is -2.29. The summed E-state index contributed by atoms with van der Waals surface area (Å²) in [6.07, 6.45) is 4.86. The second kappa shape index (κ2) is 6.73. The lowest BCUT2D eigenvalue weighted by molar-refractivity contribution is 0.102. The van der Waals surface area contributed by atoms with E-state index >= 15 is 0 Å². The topological polar surface area (TPSA) is 45.2 Å². The number of amides is 1. The van der Waals surface area contributed by atoms with E-state index in [-0.39, 0.29) is 0 Å². The Morgan fingerprint density at radius 3 is 2.43 bits per heavy atom. The van der Waals surface area contributed by atoms with Crippen molar-refractivity contribution in [3.63, 3.8) is 0 Å². The monoisotopic (exact) mass is 317 g/mol. The van der Waals surface area contributed by atoms with Crippen molar-refractivity contribution in [3.8, 4) is 0 Å². The first-order valence-electron chi connectivity index (χ1n) is 7.62. The van der Waals surface area contributed by atoms with Crippen molar-refractivity contribution < 1.29 is 13.6 Å². The fourth-order valence-electron chi connectivity index (χ4n) is 2.73. The van der Waals surface area contributed by atoms with Gasteiger partial charge < -0.3 is 10.2 Å². The molecule has 23 heavy (non-hydrogen) atoms. The first kappa shape index (κ1) is 15.4. The first-order valence-corrected chi connectivity index (χ1v) is 7.62. The highest BCUT2D eigenvalue weighted by Crippen LogP contribution is 2.24. The number of nitrogens with one attached hydrogen (secondary N) is 1. The largest absolute Gasteiger partial charge is 0.356 e. The zero-order chi connectivity index (χ0) is 16.2. The molecule has 4 nitrogen and oxygen atoms in total. The quantitative estimate of drug-likeness (QED) is 0.941. The number of halogens is 2. The van der Waals surface area contributed by atoms with Crippen molar-refractivity contribution in [3.05, 3.63) is 53.7 Å². The molecule has 6 heteroatoms. The number of pyridine rings is 1. The molecule has 1 N–H and O–H groups in total. The van der Waals surface area contributed by atoms with Crippen LogP contribution < -0.4 is 10.2 Å². The Labute approximate surface area is 133 Å². The van der Waals surface area contributed by atoms with Gasteiger partial charge in [0.25, 0.3) is 5.91 Å². The second-order valence-electron chi connectivity index (χ2n) is 5.47. The van der Waals surface area contributed by atoms with Crippen LogP contribution in [0.3, 0.4) is 0 Å². The second-order valence-corrected chi connectivity index (χ2v) is 5.47. The number of rotatable bonds is 3. The summed E-state index contributed by atoms with van der Waals surface area (Å²) >= 11 is 0. The van der Waals surface area contributed by atoms with Gasteiger partial charge in [-0.3, -0.25) is 4.79 Å². The molecule has 2 heterocycles. The van der Waals surface area contributed by atoms with Crippen molar-refractivity contribution in [1.29, 1.82) is 0 Å². The molecule has 1 aromatic carbocycles. The Morgan fingerprint density at radius 2 is 1.74 bits per heavy atom. The molecule has 1 aliphatic heterocycles. The number of anilines is 2. The summed E-state index contributed by atoms with van der Waals surface area (Å²) in [6.45, 7) is 1.65. The lowest BCUT2D eigenvalue weighted by Crippen LogP contribution is -2.32. The summed E-state index contributed by atoms with van der Waals surface area (Å²) < 4.78 is 27.4. The van der Waals surface area contributed by atoms with Crippen molar-refractivity contribution in [2.24, 2.45) is 0 Å². The predicted octanol–water partition coefficient (Wildman–Crippen LogP) is 3.60. The van der Waals surface area contributed by atoms with Crippen LogP contribution >= 0.6 is 0 Å². The molecule has 1 aliphatic rings. The predicted molar refractivity (Wildman–Crippen MR) is 84.6 cm³/mol. The smallest absolute Gasteiger partial charge is 0.259 e. The van der Waals surface area contributed by atoms with Crippen molar-refractivity contribution in [2.45, 2.75) is 19.3 Å². The van der Waals surface area contributed by atoms with Gasteiger partial charge >= 0.3 is 0 Å². The highest BCUT2D eigenvalue weighted by atomic mass is 19.1. The molecular weight excluding hydrogens is 300 g/mol. The Balaban J connectivity index is 1.88. The number of piperidine rings is 1. The molecule has 1 amide bonds. The molecule has 120 valence electrons. The molecule has 0 bridgehead atoms. The maximum atomic E-state index is 13.7.